The summed E-state index contributed by atoms with van der Waals surface area (Å²) in [4.78, 5) is 16.9. The fourth-order valence-corrected chi connectivity index (χ4v) is 4.12. The molecule has 122 valence electrons. The first-order chi connectivity index (χ1) is 9.91. The van der Waals surface area contributed by atoms with Crippen molar-refractivity contribution in [2.45, 2.75) is 26.2 Å². The summed E-state index contributed by atoms with van der Waals surface area (Å²) in [5.74, 6) is -0.0225. The van der Waals surface area contributed by atoms with E-state index in [4.69, 9.17) is 0 Å². The zero-order valence-electron chi connectivity index (χ0n) is 13.1. The maximum atomic E-state index is 12.6. The van der Waals surface area contributed by atoms with Gasteiger partial charge in [-0.15, -0.1) is 0 Å². The molecule has 0 saturated carbocycles. The summed E-state index contributed by atoms with van der Waals surface area (Å²) in [6.45, 7) is 7.57. The SMILES string of the molecule is CCCN1CCN(C(=O)C2CCCN(S(C)(=O)=O)C2)CC1. The Labute approximate surface area is 128 Å². The van der Waals surface area contributed by atoms with Crippen LogP contribution < -0.4 is 0 Å². The van der Waals surface area contributed by atoms with Crippen LogP contribution >= 0.6 is 0 Å². The van der Waals surface area contributed by atoms with E-state index in [0.717, 1.165) is 52.0 Å². The maximum absolute atomic E-state index is 12.6. The van der Waals surface area contributed by atoms with E-state index in [0.29, 0.717) is 13.1 Å². The smallest absolute Gasteiger partial charge is 0.227 e. The number of hydrogen-bond donors (Lipinski definition) is 0. The van der Waals surface area contributed by atoms with Crippen molar-refractivity contribution in [1.82, 2.24) is 14.1 Å². The van der Waals surface area contributed by atoms with Gasteiger partial charge in [0.05, 0.1) is 12.2 Å². The molecular weight excluding hydrogens is 290 g/mol. The van der Waals surface area contributed by atoms with Crippen LogP contribution in [0.1, 0.15) is 26.2 Å². The molecule has 0 radical (unpaired) electrons. The van der Waals surface area contributed by atoms with E-state index in [-0.39, 0.29) is 11.8 Å². The van der Waals surface area contributed by atoms with E-state index in [9.17, 15) is 13.2 Å². The molecular formula is C14H27N3O3S. The summed E-state index contributed by atoms with van der Waals surface area (Å²) >= 11 is 0. The summed E-state index contributed by atoms with van der Waals surface area (Å²) in [5, 5.41) is 0. The normalized spacial score (nSPS) is 26.0. The predicted molar refractivity (Wildman–Crippen MR) is 82.5 cm³/mol. The highest BCUT2D eigenvalue weighted by Gasteiger charge is 2.33. The molecule has 0 aromatic rings. The molecule has 0 aliphatic carbocycles. The third-order valence-corrected chi connectivity index (χ3v) is 5.70. The van der Waals surface area contributed by atoms with Crippen LogP contribution in [0.5, 0.6) is 0 Å². The first-order valence-electron chi connectivity index (χ1n) is 7.88. The highest BCUT2D eigenvalue weighted by molar-refractivity contribution is 7.88. The van der Waals surface area contributed by atoms with Crippen LogP contribution in [0.3, 0.4) is 0 Å². The summed E-state index contributed by atoms with van der Waals surface area (Å²) in [6.07, 6.45) is 3.95. The van der Waals surface area contributed by atoms with Gasteiger partial charge >= 0.3 is 0 Å². The molecule has 0 aromatic carbocycles. The van der Waals surface area contributed by atoms with Crippen molar-refractivity contribution in [1.29, 1.82) is 0 Å². The Kier molecular flexibility index (Phi) is 5.62. The monoisotopic (exact) mass is 317 g/mol. The van der Waals surface area contributed by atoms with E-state index in [1.807, 2.05) is 4.90 Å². The summed E-state index contributed by atoms with van der Waals surface area (Å²) < 4.78 is 24.7. The van der Waals surface area contributed by atoms with Crippen LogP contribution in [0.25, 0.3) is 0 Å². The second-order valence-electron chi connectivity index (χ2n) is 6.13. The third-order valence-electron chi connectivity index (χ3n) is 4.43. The first-order valence-corrected chi connectivity index (χ1v) is 9.73. The molecule has 7 heteroatoms. The van der Waals surface area contributed by atoms with Gasteiger partial charge in [-0.3, -0.25) is 9.69 Å². The Morgan fingerprint density at radius 1 is 1.14 bits per heavy atom. The second-order valence-corrected chi connectivity index (χ2v) is 8.11. The van der Waals surface area contributed by atoms with Crippen molar-refractivity contribution >= 4 is 15.9 Å². The highest BCUT2D eigenvalue weighted by atomic mass is 32.2. The van der Waals surface area contributed by atoms with Crippen molar-refractivity contribution in [2.24, 2.45) is 5.92 Å². The Morgan fingerprint density at radius 2 is 1.81 bits per heavy atom. The lowest BCUT2D eigenvalue weighted by Crippen LogP contribution is -2.53. The summed E-state index contributed by atoms with van der Waals surface area (Å²) in [7, 11) is -3.18. The Hall–Kier alpha value is -0.660. The molecule has 2 rings (SSSR count). The zero-order valence-corrected chi connectivity index (χ0v) is 13.9. The van der Waals surface area contributed by atoms with E-state index < -0.39 is 10.0 Å². The molecule has 2 heterocycles. The van der Waals surface area contributed by atoms with Gasteiger partial charge in [-0.2, -0.15) is 0 Å². The number of carbonyl (C=O) groups excluding carboxylic acids is 1. The molecule has 2 saturated heterocycles. The topological polar surface area (TPSA) is 60.9 Å². The number of piperazine rings is 1. The molecule has 1 atom stereocenters. The van der Waals surface area contributed by atoms with Gasteiger partial charge < -0.3 is 4.90 Å². The molecule has 21 heavy (non-hydrogen) atoms. The zero-order chi connectivity index (χ0) is 15.5. The lowest BCUT2D eigenvalue weighted by molar-refractivity contribution is -0.138. The fraction of sp³-hybridized carbons (Fsp3) is 0.929. The van der Waals surface area contributed by atoms with Gasteiger partial charge in [-0.05, 0) is 25.8 Å². The number of piperidine rings is 1. The van der Waals surface area contributed by atoms with Crippen LogP contribution in [-0.2, 0) is 14.8 Å². The average Bonchev–Trinajstić information content (AvgIpc) is 2.47. The van der Waals surface area contributed by atoms with Crippen molar-refractivity contribution in [3.63, 3.8) is 0 Å². The van der Waals surface area contributed by atoms with E-state index in [2.05, 4.69) is 11.8 Å². The van der Waals surface area contributed by atoms with Crippen molar-refractivity contribution in [2.75, 3.05) is 52.1 Å². The molecule has 1 unspecified atom stereocenters. The Bertz CT molecular complexity index is 458. The second kappa shape index (κ2) is 7.07. The van der Waals surface area contributed by atoms with Crippen molar-refractivity contribution in [3.8, 4) is 0 Å². The van der Waals surface area contributed by atoms with Gasteiger partial charge in [0.25, 0.3) is 0 Å². The number of nitrogens with zero attached hydrogens (tertiary/aromatic N) is 3. The van der Waals surface area contributed by atoms with E-state index in [1.54, 1.807) is 0 Å². The van der Waals surface area contributed by atoms with Crippen LogP contribution in [0, 0.1) is 5.92 Å². The van der Waals surface area contributed by atoms with Gasteiger partial charge in [-0.1, -0.05) is 6.92 Å². The molecule has 2 aliphatic heterocycles. The molecule has 0 spiro atoms. The number of hydrogen-bond acceptors (Lipinski definition) is 4. The summed E-state index contributed by atoms with van der Waals surface area (Å²) in [5.41, 5.74) is 0. The van der Waals surface area contributed by atoms with E-state index >= 15 is 0 Å². The highest BCUT2D eigenvalue weighted by Crippen LogP contribution is 2.21. The summed E-state index contributed by atoms with van der Waals surface area (Å²) in [6, 6.07) is 0. The fourth-order valence-electron chi connectivity index (χ4n) is 3.21. The van der Waals surface area contributed by atoms with Crippen LogP contribution in [-0.4, -0.2) is 80.5 Å². The molecule has 0 aromatic heterocycles. The van der Waals surface area contributed by atoms with Gasteiger partial charge in [0.2, 0.25) is 15.9 Å². The van der Waals surface area contributed by atoms with Gasteiger partial charge in [0, 0.05) is 39.3 Å². The molecule has 1 amide bonds. The van der Waals surface area contributed by atoms with Gasteiger partial charge in [0.1, 0.15) is 0 Å². The van der Waals surface area contributed by atoms with Gasteiger partial charge in [0.15, 0.2) is 0 Å². The van der Waals surface area contributed by atoms with Crippen LogP contribution in [0.4, 0.5) is 0 Å². The number of amides is 1. The standard InChI is InChI=1S/C14H27N3O3S/c1-3-6-15-8-10-16(11-9-15)14(18)13-5-4-7-17(12-13)21(2,19)20/h13H,3-12H2,1-2H3. The van der Waals surface area contributed by atoms with Crippen LogP contribution in [0.15, 0.2) is 0 Å². The van der Waals surface area contributed by atoms with Crippen molar-refractivity contribution in [3.05, 3.63) is 0 Å². The lowest BCUT2D eigenvalue weighted by atomic mass is 9.98. The quantitative estimate of drug-likeness (QED) is 0.744. The van der Waals surface area contributed by atoms with E-state index in [1.165, 1.54) is 10.6 Å². The molecule has 0 bridgehead atoms. The minimum absolute atomic E-state index is 0.138. The molecule has 2 fully saturated rings. The third kappa shape index (κ3) is 4.40. The minimum atomic E-state index is -3.18. The Balaban J connectivity index is 1.89. The molecule has 0 N–H and O–H groups in total. The minimum Gasteiger partial charge on any atom is -0.340 e. The van der Waals surface area contributed by atoms with Gasteiger partial charge in [-0.25, -0.2) is 12.7 Å². The molecule has 2 aliphatic rings. The first kappa shape index (κ1) is 16.7. The molecule has 6 nitrogen and oxygen atoms in total. The van der Waals surface area contributed by atoms with Crippen molar-refractivity contribution < 1.29 is 13.2 Å². The lowest BCUT2D eigenvalue weighted by Gasteiger charge is -2.38. The van der Waals surface area contributed by atoms with Crippen LogP contribution in [0.2, 0.25) is 0 Å². The predicted octanol–water partition coefficient (Wildman–Crippen LogP) is 0.212. The number of rotatable bonds is 4. The average molecular weight is 317 g/mol. The number of sulfonamides is 1. The largest absolute Gasteiger partial charge is 0.340 e. The maximum Gasteiger partial charge on any atom is 0.227 e. The number of carbonyl (C=O) groups is 1. The Morgan fingerprint density at radius 3 is 2.38 bits per heavy atom.